The van der Waals surface area contributed by atoms with Gasteiger partial charge in [-0.25, -0.2) is 4.39 Å². The average Bonchev–Trinajstić information content (AvgIpc) is 2.32. The fraction of sp³-hybridized carbons (Fsp3) is 0.462. The molecule has 100 valence electrons. The molecule has 5 heteroatoms. The fourth-order valence-electron chi connectivity index (χ4n) is 1.46. The maximum absolute atomic E-state index is 13.5. The topological polar surface area (TPSA) is 50.4 Å². The first-order chi connectivity index (χ1) is 8.54. The van der Waals surface area contributed by atoms with Crippen LogP contribution in [0.15, 0.2) is 23.2 Å². The van der Waals surface area contributed by atoms with Crippen molar-refractivity contribution in [1.82, 2.24) is 5.32 Å². The Hall–Kier alpha value is -1.29. The van der Waals surface area contributed by atoms with Gasteiger partial charge in [0.25, 0.3) is 0 Å². The van der Waals surface area contributed by atoms with Crippen molar-refractivity contribution in [1.29, 1.82) is 0 Å². The number of nitrogens with two attached hydrogens (primary N) is 1. The molecule has 0 fully saturated rings. The number of rotatable bonds is 5. The Labute approximate surface area is 112 Å². The highest BCUT2D eigenvalue weighted by Gasteiger charge is 2.06. The second-order valence-electron chi connectivity index (χ2n) is 4.17. The van der Waals surface area contributed by atoms with Gasteiger partial charge in [-0.2, -0.15) is 0 Å². The predicted molar refractivity (Wildman–Crippen MR) is 74.5 cm³/mol. The Morgan fingerprint density at radius 3 is 2.89 bits per heavy atom. The first-order valence-corrected chi connectivity index (χ1v) is 6.41. The Morgan fingerprint density at radius 1 is 1.56 bits per heavy atom. The van der Waals surface area contributed by atoms with E-state index in [4.69, 9.17) is 17.3 Å². The largest absolute Gasteiger partial charge is 0.370 e. The Kier molecular flexibility index (Phi) is 5.92. The number of guanidine groups is 1. The Balaban J connectivity index is 2.53. The lowest BCUT2D eigenvalue weighted by Gasteiger charge is -2.11. The molecule has 3 nitrogen and oxygen atoms in total. The van der Waals surface area contributed by atoms with E-state index in [9.17, 15) is 4.39 Å². The molecule has 1 unspecified atom stereocenters. The molecule has 0 aliphatic carbocycles. The SMILES string of the molecule is CCC(C)NC(N)=NCCc1c(F)cccc1Cl. The number of hydrogen-bond acceptors (Lipinski definition) is 1. The number of benzene rings is 1. The number of nitrogens with zero attached hydrogens (tertiary/aromatic N) is 1. The summed E-state index contributed by atoms with van der Waals surface area (Å²) in [7, 11) is 0. The van der Waals surface area contributed by atoms with Crippen LogP contribution < -0.4 is 11.1 Å². The molecule has 0 saturated carbocycles. The molecule has 0 amide bonds. The van der Waals surface area contributed by atoms with E-state index in [1.54, 1.807) is 12.1 Å². The first-order valence-electron chi connectivity index (χ1n) is 6.04. The van der Waals surface area contributed by atoms with E-state index >= 15 is 0 Å². The van der Waals surface area contributed by atoms with Crippen LogP contribution in [0, 0.1) is 5.82 Å². The van der Waals surface area contributed by atoms with Crippen LogP contribution in [0.5, 0.6) is 0 Å². The molecule has 0 spiro atoms. The van der Waals surface area contributed by atoms with Gasteiger partial charge >= 0.3 is 0 Å². The van der Waals surface area contributed by atoms with Crippen molar-refractivity contribution in [2.45, 2.75) is 32.7 Å². The third-order valence-corrected chi connectivity index (χ3v) is 3.07. The molecule has 0 saturated heterocycles. The van der Waals surface area contributed by atoms with Gasteiger partial charge < -0.3 is 11.1 Å². The summed E-state index contributed by atoms with van der Waals surface area (Å²) in [5.41, 5.74) is 6.19. The highest BCUT2D eigenvalue weighted by atomic mass is 35.5. The Morgan fingerprint density at radius 2 is 2.28 bits per heavy atom. The summed E-state index contributed by atoms with van der Waals surface area (Å²) < 4.78 is 13.5. The maximum atomic E-state index is 13.5. The molecule has 0 aliphatic rings. The quantitative estimate of drug-likeness (QED) is 0.639. The highest BCUT2D eigenvalue weighted by molar-refractivity contribution is 6.31. The number of hydrogen-bond donors (Lipinski definition) is 2. The maximum Gasteiger partial charge on any atom is 0.188 e. The molecule has 0 aliphatic heterocycles. The molecular weight excluding hydrogens is 253 g/mol. The molecule has 18 heavy (non-hydrogen) atoms. The van der Waals surface area contributed by atoms with Gasteiger partial charge in [0.05, 0.1) is 0 Å². The molecule has 0 radical (unpaired) electrons. The van der Waals surface area contributed by atoms with Crippen molar-refractivity contribution in [3.8, 4) is 0 Å². The van der Waals surface area contributed by atoms with E-state index < -0.39 is 0 Å². The van der Waals surface area contributed by atoms with Gasteiger partial charge in [-0.15, -0.1) is 0 Å². The van der Waals surface area contributed by atoms with Crippen LogP contribution >= 0.6 is 11.6 Å². The van der Waals surface area contributed by atoms with Crippen molar-refractivity contribution in [2.75, 3.05) is 6.54 Å². The summed E-state index contributed by atoms with van der Waals surface area (Å²) in [5.74, 6) is 0.0861. The van der Waals surface area contributed by atoms with Crippen LogP contribution in [-0.4, -0.2) is 18.5 Å². The van der Waals surface area contributed by atoms with Gasteiger partial charge in [0, 0.05) is 23.2 Å². The number of nitrogens with one attached hydrogen (secondary N) is 1. The summed E-state index contributed by atoms with van der Waals surface area (Å²) >= 11 is 5.92. The van der Waals surface area contributed by atoms with Gasteiger partial charge in [-0.3, -0.25) is 4.99 Å². The van der Waals surface area contributed by atoms with Crippen LogP contribution in [0.4, 0.5) is 4.39 Å². The van der Waals surface area contributed by atoms with Crippen LogP contribution in [0.3, 0.4) is 0 Å². The highest BCUT2D eigenvalue weighted by Crippen LogP contribution is 2.19. The first kappa shape index (κ1) is 14.8. The normalized spacial score (nSPS) is 13.4. The van der Waals surface area contributed by atoms with E-state index in [2.05, 4.69) is 17.2 Å². The lowest BCUT2D eigenvalue weighted by molar-refractivity contribution is 0.608. The summed E-state index contributed by atoms with van der Waals surface area (Å²) in [4.78, 5) is 4.15. The summed E-state index contributed by atoms with van der Waals surface area (Å²) in [6.07, 6.45) is 1.41. The number of aliphatic imine (C=N–C) groups is 1. The third kappa shape index (κ3) is 4.53. The molecule has 1 atom stereocenters. The van der Waals surface area contributed by atoms with Crippen molar-refractivity contribution in [3.63, 3.8) is 0 Å². The molecule has 0 heterocycles. The summed E-state index contributed by atoms with van der Waals surface area (Å²) in [6, 6.07) is 4.94. The molecule has 1 rings (SSSR count). The minimum absolute atomic E-state index is 0.283. The van der Waals surface area contributed by atoms with Gasteiger partial charge in [0.1, 0.15) is 5.82 Å². The van der Waals surface area contributed by atoms with Crippen molar-refractivity contribution in [2.24, 2.45) is 10.7 Å². The molecule has 1 aromatic rings. The van der Waals surface area contributed by atoms with Crippen molar-refractivity contribution >= 4 is 17.6 Å². The van der Waals surface area contributed by atoms with Crippen LogP contribution in [-0.2, 0) is 6.42 Å². The molecule has 0 bridgehead atoms. The van der Waals surface area contributed by atoms with Gasteiger partial charge in [-0.05, 0) is 31.9 Å². The zero-order chi connectivity index (χ0) is 13.5. The predicted octanol–water partition coefficient (Wildman–Crippen LogP) is 2.72. The minimum atomic E-state index is -0.300. The van der Waals surface area contributed by atoms with Gasteiger partial charge in [-0.1, -0.05) is 24.6 Å². The van der Waals surface area contributed by atoms with E-state index in [0.717, 1.165) is 6.42 Å². The van der Waals surface area contributed by atoms with E-state index in [0.29, 0.717) is 29.5 Å². The lowest BCUT2D eigenvalue weighted by atomic mass is 10.1. The Bertz CT molecular complexity index is 400. The van der Waals surface area contributed by atoms with Gasteiger partial charge in [0.15, 0.2) is 5.96 Å². The fourth-order valence-corrected chi connectivity index (χ4v) is 1.72. The van der Waals surface area contributed by atoms with E-state index in [1.165, 1.54) is 6.07 Å². The standard InChI is InChI=1S/C13H19ClFN3/c1-3-9(2)18-13(16)17-8-7-10-11(14)5-4-6-12(10)15/h4-6,9H,3,7-8H2,1-2H3,(H3,16,17,18). The van der Waals surface area contributed by atoms with Crippen molar-refractivity contribution in [3.05, 3.63) is 34.6 Å². The second-order valence-corrected chi connectivity index (χ2v) is 4.58. The zero-order valence-electron chi connectivity index (χ0n) is 10.7. The molecule has 1 aromatic carbocycles. The van der Waals surface area contributed by atoms with Crippen LogP contribution in [0.25, 0.3) is 0 Å². The zero-order valence-corrected chi connectivity index (χ0v) is 11.5. The van der Waals surface area contributed by atoms with Crippen molar-refractivity contribution < 1.29 is 4.39 Å². The van der Waals surface area contributed by atoms with E-state index in [1.807, 2.05) is 6.92 Å². The smallest absolute Gasteiger partial charge is 0.188 e. The summed E-state index contributed by atoms with van der Waals surface area (Å²) in [5, 5.41) is 3.48. The van der Waals surface area contributed by atoms with E-state index in [-0.39, 0.29) is 11.9 Å². The average molecular weight is 272 g/mol. The molecule has 3 N–H and O–H groups in total. The molecule has 0 aromatic heterocycles. The third-order valence-electron chi connectivity index (χ3n) is 2.71. The lowest BCUT2D eigenvalue weighted by Crippen LogP contribution is -2.38. The van der Waals surface area contributed by atoms with Crippen LogP contribution in [0.1, 0.15) is 25.8 Å². The minimum Gasteiger partial charge on any atom is -0.370 e. The summed E-state index contributed by atoms with van der Waals surface area (Å²) in [6.45, 7) is 4.50. The second kappa shape index (κ2) is 7.21. The van der Waals surface area contributed by atoms with Gasteiger partial charge in [0.2, 0.25) is 0 Å². The molecular formula is C13H19ClFN3. The number of halogens is 2. The van der Waals surface area contributed by atoms with Crippen LogP contribution in [0.2, 0.25) is 5.02 Å². The monoisotopic (exact) mass is 271 g/mol.